The van der Waals surface area contributed by atoms with Crippen LogP contribution in [0.25, 0.3) is 22.5 Å². The lowest BCUT2D eigenvalue weighted by Crippen LogP contribution is -2.08. The summed E-state index contributed by atoms with van der Waals surface area (Å²) in [6, 6.07) is 10.5. The Kier molecular flexibility index (Phi) is 6.00. The van der Waals surface area contributed by atoms with Crippen LogP contribution in [0.4, 0.5) is 0 Å². The molecule has 0 atom stereocenters. The van der Waals surface area contributed by atoms with Gasteiger partial charge in [-0.05, 0) is 41.7 Å². The first-order valence-corrected chi connectivity index (χ1v) is 11.5. The SMILES string of the molecule is CCCc1nc(C2CCCCC2)nn1Cc1ccc(-c2cnccc2-c2nn[nH]n2)cc1. The number of aryl methyl sites for hydroxylation is 1. The minimum absolute atomic E-state index is 0.525. The summed E-state index contributed by atoms with van der Waals surface area (Å²) in [5.74, 6) is 3.24. The number of pyridine rings is 1. The molecule has 1 aromatic carbocycles. The summed E-state index contributed by atoms with van der Waals surface area (Å²) in [7, 11) is 0. The van der Waals surface area contributed by atoms with Crippen molar-refractivity contribution in [2.75, 3.05) is 0 Å². The largest absolute Gasteiger partial charge is 0.264 e. The summed E-state index contributed by atoms with van der Waals surface area (Å²) < 4.78 is 2.11. The Balaban J connectivity index is 1.38. The average Bonchev–Trinajstić information content (AvgIpc) is 3.51. The Morgan fingerprint density at radius 2 is 1.88 bits per heavy atom. The minimum Gasteiger partial charge on any atom is -0.264 e. The molecule has 0 unspecified atom stereocenters. The molecule has 0 amide bonds. The molecule has 0 aliphatic heterocycles. The van der Waals surface area contributed by atoms with E-state index in [2.05, 4.69) is 61.5 Å². The van der Waals surface area contributed by atoms with E-state index >= 15 is 0 Å². The highest BCUT2D eigenvalue weighted by Crippen LogP contribution is 2.31. The summed E-state index contributed by atoms with van der Waals surface area (Å²) >= 11 is 0. The van der Waals surface area contributed by atoms with E-state index in [0.29, 0.717) is 11.7 Å². The van der Waals surface area contributed by atoms with E-state index < -0.39 is 0 Å². The van der Waals surface area contributed by atoms with Gasteiger partial charge in [-0.2, -0.15) is 10.3 Å². The number of aromatic amines is 1. The zero-order valence-electron chi connectivity index (χ0n) is 18.4. The maximum Gasteiger partial charge on any atom is 0.205 e. The minimum atomic E-state index is 0.525. The molecule has 8 nitrogen and oxygen atoms in total. The number of H-pyrrole nitrogens is 1. The number of nitrogens with one attached hydrogen (secondary N) is 1. The summed E-state index contributed by atoms with van der Waals surface area (Å²) in [5, 5.41) is 19.4. The van der Waals surface area contributed by atoms with Crippen LogP contribution in [0.15, 0.2) is 42.7 Å². The van der Waals surface area contributed by atoms with E-state index in [1.807, 2.05) is 12.3 Å². The van der Waals surface area contributed by atoms with Gasteiger partial charge in [0.2, 0.25) is 5.82 Å². The molecule has 1 N–H and O–H groups in total. The normalized spacial score (nSPS) is 14.7. The van der Waals surface area contributed by atoms with Gasteiger partial charge in [-0.3, -0.25) is 4.98 Å². The fourth-order valence-corrected chi connectivity index (χ4v) is 4.52. The fourth-order valence-electron chi connectivity index (χ4n) is 4.52. The van der Waals surface area contributed by atoms with Crippen molar-refractivity contribution in [3.63, 3.8) is 0 Å². The third-order valence-corrected chi connectivity index (χ3v) is 6.21. The van der Waals surface area contributed by atoms with Gasteiger partial charge >= 0.3 is 0 Å². The highest BCUT2D eigenvalue weighted by molar-refractivity contribution is 5.79. The quantitative estimate of drug-likeness (QED) is 0.463. The highest BCUT2D eigenvalue weighted by Gasteiger charge is 2.21. The topological polar surface area (TPSA) is 98.1 Å². The van der Waals surface area contributed by atoms with Crippen molar-refractivity contribution in [1.82, 2.24) is 40.4 Å². The number of tetrazole rings is 1. The van der Waals surface area contributed by atoms with Gasteiger partial charge in [-0.15, -0.1) is 10.2 Å². The van der Waals surface area contributed by atoms with E-state index in [1.54, 1.807) is 6.20 Å². The van der Waals surface area contributed by atoms with E-state index in [-0.39, 0.29) is 0 Å². The summed E-state index contributed by atoms with van der Waals surface area (Å²) in [5.41, 5.74) is 4.15. The number of benzene rings is 1. The lowest BCUT2D eigenvalue weighted by molar-refractivity contribution is 0.426. The van der Waals surface area contributed by atoms with Crippen LogP contribution in [0.5, 0.6) is 0 Å². The van der Waals surface area contributed by atoms with Gasteiger partial charge in [-0.25, -0.2) is 9.67 Å². The third kappa shape index (κ3) is 4.30. The maximum atomic E-state index is 4.95. The molecule has 1 aliphatic carbocycles. The van der Waals surface area contributed by atoms with Crippen LogP contribution < -0.4 is 0 Å². The van der Waals surface area contributed by atoms with Gasteiger partial charge in [0.1, 0.15) is 5.82 Å². The zero-order chi connectivity index (χ0) is 21.8. The average molecular weight is 429 g/mol. The molecule has 164 valence electrons. The summed E-state index contributed by atoms with van der Waals surface area (Å²) in [4.78, 5) is 9.24. The maximum absolute atomic E-state index is 4.95. The molecule has 1 fully saturated rings. The van der Waals surface area contributed by atoms with E-state index in [0.717, 1.165) is 47.7 Å². The molecule has 0 spiro atoms. The van der Waals surface area contributed by atoms with Crippen LogP contribution in [0, 0.1) is 0 Å². The molecule has 1 aliphatic rings. The molecule has 4 aromatic rings. The smallest absolute Gasteiger partial charge is 0.205 e. The fraction of sp³-hybridized carbons (Fsp3) is 0.417. The standard InChI is InChI=1S/C24H28N8/c1-2-6-22-26-23(19-7-4-3-5-8-19)29-32(22)16-17-9-11-18(12-10-17)21-15-25-14-13-20(21)24-27-30-31-28-24/h9-15,19H,2-8,16H2,1H3,(H,27,28,30,31). The molecule has 1 saturated carbocycles. The molecule has 32 heavy (non-hydrogen) atoms. The van der Waals surface area contributed by atoms with Crippen LogP contribution in [0.1, 0.15) is 68.6 Å². The van der Waals surface area contributed by atoms with E-state index in [1.165, 1.54) is 37.7 Å². The molecule has 0 bridgehead atoms. The second kappa shape index (κ2) is 9.38. The van der Waals surface area contributed by atoms with Gasteiger partial charge in [0.05, 0.1) is 6.54 Å². The monoisotopic (exact) mass is 428 g/mol. The van der Waals surface area contributed by atoms with Crippen LogP contribution in [-0.4, -0.2) is 40.4 Å². The molecule has 0 saturated heterocycles. The zero-order valence-corrected chi connectivity index (χ0v) is 18.4. The highest BCUT2D eigenvalue weighted by atomic mass is 15.5. The number of nitrogens with zero attached hydrogens (tertiary/aromatic N) is 7. The molecule has 5 rings (SSSR count). The lowest BCUT2D eigenvalue weighted by Gasteiger charge is -2.18. The number of aromatic nitrogens is 8. The van der Waals surface area contributed by atoms with Gasteiger partial charge < -0.3 is 0 Å². The first kappa shape index (κ1) is 20.5. The Labute approximate surface area is 187 Å². The predicted octanol–water partition coefficient (Wildman–Crippen LogP) is 4.57. The van der Waals surface area contributed by atoms with E-state index in [4.69, 9.17) is 10.1 Å². The van der Waals surface area contributed by atoms with Crippen molar-refractivity contribution >= 4 is 0 Å². The molecule has 3 aromatic heterocycles. The second-order valence-corrected chi connectivity index (χ2v) is 8.48. The number of hydrogen-bond acceptors (Lipinski definition) is 6. The van der Waals surface area contributed by atoms with E-state index in [9.17, 15) is 0 Å². The lowest BCUT2D eigenvalue weighted by atomic mass is 9.89. The predicted molar refractivity (Wildman–Crippen MR) is 122 cm³/mol. The summed E-state index contributed by atoms with van der Waals surface area (Å²) in [6.45, 7) is 2.93. The van der Waals surface area contributed by atoms with Crippen LogP contribution in [0.3, 0.4) is 0 Å². The molecular weight excluding hydrogens is 400 g/mol. The Morgan fingerprint density at radius 1 is 1.03 bits per heavy atom. The van der Waals surface area contributed by atoms with Gasteiger partial charge in [0, 0.05) is 35.9 Å². The summed E-state index contributed by atoms with van der Waals surface area (Å²) in [6.07, 6.45) is 12.0. The van der Waals surface area contributed by atoms with Crippen molar-refractivity contribution in [3.8, 4) is 22.5 Å². The molecule has 8 heteroatoms. The number of rotatable bonds is 7. The Hall–Kier alpha value is -3.42. The molecule has 0 radical (unpaired) electrons. The van der Waals surface area contributed by atoms with Crippen LogP contribution in [-0.2, 0) is 13.0 Å². The van der Waals surface area contributed by atoms with Crippen molar-refractivity contribution in [2.24, 2.45) is 0 Å². The van der Waals surface area contributed by atoms with Crippen molar-refractivity contribution in [3.05, 3.63) is 59.9 Å². The first-order valence-electron chi connectivity index (χ1n) is 11.5. The van der Waals surface area contributed by atoms with Gasteiger partial charge in [0.25, 0.3) is 0 Å². The van der Waals surface area contributed by atoms with Gasteiger partial charge in [-0.1, -0.05) is 50.5 Å². The molecule has 3 heterocycles. The third-order valence-electron chi connectivity index (χ3n) is 6.21. The van der Waals surface area contributed by atoms with Crippen molar-refractivity contribution < 1.29 is 0 Å². The van der Waals surface area contributed by atoms with Crippen LogP contribution in [0.2, 0.25) is 0 Å². The van der Waals surface area contributed by atoms with Crippen LogP contribution >= 0.6 is 0 Å². The van der Waals surface area contributed by atoms with Crippen molar-refractivity contribution in [2.45, 2.75) is 64.3 Å². The van der Waals surface area contributed by atoms with Gasteiger partial charge in [0.15, 0.2) is 5.82 Å². The van der Waals surface area contributed by atoms with Crippen molar-refractivity contribution in [1.29, 1.82) is 0 Å². The Morgan fingerprint density at radius 3 is 2.62 bits per heavy atom. The first-order chi connectivity index (χ1) is 15.8. The second-order valence-electron chi connectivity index (χ2n) is 8.48. The number of hydrogen-bond donors (Lipinski definition) is 1. The molecular formula is C24H28N8. The Bertz CT molecular complexity index is 1140.